The van der Waals surface area contributed by atoms with Crippen molar-refractivity contribution in [1.29, 1.82) is 0 Å². The van der Waals surface area contributed by atoms with E-state index in [1.54, 1.807) is 6.20 Å². The van der Waals surface area contributed by atoms with Crippen molar-refractivity contribution >= 4 is 5.96 Å². The predicted molar refractivity (Wildman–Crippen MR) is 84.3 cm³/mol. The minimum atomic E-state index is 0.609. The van der Waals surface area contributed by atoms with Crippen molar-refractivity contribution in [2.45, 2.75) is 25.8 Å². The Morgan fingerprint density at radius 1 is 1.19 bits per heavy atom. The van der Waals surface area contributed by atoms with Gasteiger partial charge in [0.2, 0.25) is 0 Å². The van der Waals surface area contributed by atoms with E-state index in [1.807, 2.05) is 29.1 Å². The third-order valence-electron chi connectivity index (χ3n) is 3.78. The van der Waals surface area contributed by atoms with E-state index in [2.05, 4.69) is 27.1 Å². The number of piperidine rings is 1. The largest absolute Gasteiger partial charge is 0.370 e. The van der Waals surface area contributed by atoms with Crippen LogP contribution in [0.1, 0.15) is 24.8 Å². The van der Waals surface area contributed by atoms with Gasteiger partial charge in [0, 0.05) is 25.5 Å². The molecule has 5 heteroatoms. The SMILES string of the molecule is NC(=NCc1cccc(-n2cccn2)c1)N1CCCCC1. The van der Waals surface area contributed by atoms with E-state index in [0.29, 0.717) is 12.5 Å². The summed E-state index contributed by atoms with van der Waals surface area (Å²) in [4.78, 5) is 6.71. The quantitative estimate of drug-likeness (QED) is 0.694. The summed E-state index contributed by atoms with van der Waals surface area (Å²) >= 11 is 0. The molecule has 110 valence electrons. The zero-order valence-corrected chi connectivity index (χ0v) is 12.2. The molecule has 5 nitrogen and oxygen atoms in total. The van der Waals surface area contributed by atoms with Crippen LogP contribution in [0.5, 0.6) is 0 Å². The van der Waals surface area contributed by atoms with E-state index in [9.17, 15) is 0 Å². The molecule has 1 aliphatic heterocycles. The number of nitrogens with zero attached hydrogens (tertiary/aromatic N) is 4. The molecule has 2 heterocycles. The third kappa shape index (κ3) is 3.42. The second-order valence-corrected chi connectivity index (χ2v) is 5.34. The highest BCUT2D eigenvalue weighted by atomic mass is 15.3. The number of hydrogen-bond donors (Lipinski definition) is 1. The Kier molecular flexibility index (Phi) is 4.19. The molecule has 21 heavy (non-hydrogen) atoms. The van der Waals surface area contributed by atoms with Crippen LogP contribution in [-0.2, 0) is 6.54 Å². The molecule has 0 spiro atoms. The van der Waals surface area contributed by atoms with Gasteiger partial charge in [0.05, 0.1) is 12.2 Å². The zero-order valence-electron chi connectivity index (χ0n) is 12.2. The highest BCUT2D eigenvalue weighted by molar-refractivity contribution is 5.78. The fourth-order valence-electron chi connectivity index (χ4n) is 2.61. The van der Waals surface area contributed by atoms with Crippen LogP contribution in [0.15, 0.2) is 47.7 Å². The third-order valence-corrected chi connectivity index (χ3v) is 3.78. The fourth-order valence-corrected chi connectivity index (χ4v) is 2.61. The lowest BCUT2D eigenvalue weighted by atomic mass is 10.1. The van der Waals surface area contributed by atoms with Crippen LogP contribution in [0, 0.1) is 0 Å². The van der Waals surface area contributed by atoms with Crippen LogP contribution in [0.25, 0.3) is 5.69 Å². The Balaban J connectivity index is 1.68. The minimum absolute atomic E-state index is 0.609. The summed E-state index contributed by atoms with van der Waals surface area (Å²) < 4.78 is 1.85. The van der Waals surface area contributed by atoms with E-state index < -0.39 is 0 Å². The summed E-state index contributed by atoms with van der Waals surface area (Å²) in [6.07, 6.45) is 7.44. The van der Waals surface area contributed by atoms with Gasteiger partial charge in [-0.25, -0.2) is 9.67 Å². The van der Waals surface area contributed by atoms with Crippen LogP contribution in [0.4, 0.5) is 0 Å². The van der Waals surface area contributed by atoms with E-state index >= 15 is 0 Å². The first-order chi connectivity index (χ1) is 10.3. The fraction of sp³-hybridized carbons (Fsp3) is 0.375. The maximum Gasteiger partial charge on any atom is 0.191 e. The summed E-state index contributed by atoms with van der Waals surface area (Å²) in [7, 11) is 0. The first-order valence-corrected chi connectivity index (χ1v) is 7.47. The Hall–Kier alpha value is -2.30. The van der Waals surface area contributed by atoms with Gasteiger partial charge in [-0.2, -0.15) is 5.10 Å². The van der Waals surface area contributed by atoms with Crippen molar-refractivity contribution in [2.24, 2.45) is 10.7 Å². The predicted octanol–water partition coefficient (Wildman–Crippen LogP) is 2.17. The van der Waals surface area contributed by atoms with Crippen LogP contribution in [0.3, 0.4) is 0 Å². The number of rotatable bonds is 3. The van der Waals surface area contributed by atoms with Gasteiger partial charge in [0.25, 0.3) is 0 Å². The molecule has 1 aromatic carbocycles. The first-order valence-electron chi connectivity index (χ1n) is 7.47. The monoisotopic (exact) mass is 283 g/mol. The van der Waals surface area contributed by atoms with Crippen LogP contribution in [-0.4, -0.2) is 33.7 Å². The molecule has 3 rings (SSSR count). The Morgan fingerprint density at radius 3 is 2.81 bits per heavy atom. The summed E-state index contributed by atoms with van der Waals surface area (Å²) in [5, 5.41) is 4.24. The lowest BCUT2D eigenvalue weighted by Crippen LogP contribution is -2.40. The van der Waals surface area contributed by atoms with E-state index in [0.717, 1.165) is 24.3 Å². The van der Waals surface area contributed by atoms with Crippen LogP contribution in [0.2, 0.25) is 0 Å². The van der Waals surface area contributed by atoms with E-state index in [-0.39, 0.29) is 0 Å². The van der Waals surface area contributed by atoms with Gasteiger partial charge < -0.3 is 10.6 Å². The van der Waals surface area contributed by atoms with Gasteiger partial charge >= 0.3 is 0 Å². The minimum Gasteiger partial charge on any atom is -0.370 e. The molecular formula is C16H21N5. The molecule has 1 saturated heterocycles. The number of guanidine groups is 1. The van der Waals surface area contributed by atoms with Crippen molar-refractivity contribution < 1.29 is 0 Å². The first kappa shape index (κ1) is 13.7. The molecule has 0 amide bonds. The van der Waals surface area contributed by atoms with Crippen molar-refractivity contribution in [1.82, 2.24) is 14.7 Å². The van der Waals surface area contributed by atoms with E-state index in [1.165, 1.54) is 19.3 Å². The summed E-state index contributed by atoms with van der Waals surface area (Å²) in [5.41, 5.74) is 8.27. The Bertz CT molecular complexity index is 597. The highest BCUT2D eigenvalue weighted by Crippen LogP contribution is 2.12. The normalized spacial score (nSPS) is 16.2. The standard InChI is InChI=1S/C16H21N5/c17-16(20-9-2-1-3-10-20)18-13-14-6-4-7-15(12-14)21-11-5-8-19-21/h4-8,11-12H,1-3,9-10,13H2,(H2,17,18). The molecular weight excluding hydrogens is 262 g/mol. The topological polar surface area (TPSA) is 59.4 Å². The van der Waals surface area contributed by atoms with Crippen LogP contribution < -0.4 is 5.73 Å². The number of benzene rings is 1. The Morgan fingerprint density at radius 2 is 2.05 bits per heavy atom. The van der Waals surface area contributed by atoms with Crippen LogP contribution >= 0.6 is 0 Å². The molecule has 1 aromatic heterocycles. The molecule has 0 aliphatic carbocycles. The van der Waals surface area contributed by atoms with Gasteiger partial charge in [-0.15, -0.1) is 0 Å². The van der Waals surface area contributed by atoms with Gasteiger partial charge in [0.1, 0.15) is 0 Å². The summed E-state index contributed by atoms with van der Waals surface area (Å²) in [6.45, 7) is 2.67. The lowest BCUT2D eigenvalue weighted by molar-refractivity contribution is 0.338. The second-order valence-electron chi connectivity index (χ2n) is 5.34. The van der Waals surface area contributed by atoms with Crippen molar-refractivity contribution in [3.05, 3.63) is 48.3 Å². The maximum atomic E-state index is 6.09. The number of hydrogen-bond acceptors (Lipinski definition) is 2. The highest BCUT2D eigenvalue weighted by Gasteiger charge is 2.11. The summed E-state index contributed by atoms with van der Waals surface area (Å²) in [5.74, 6) is 0.666. The van der Waals surface area contributed by atoms with Gasteiger partial charge in [-0.3, -0.25) is 0 Å². The average Bonchev–Trinajstić information content (AvgIpc) is 3.08. The van der Waals surface area contributed by atoms with E-state index in [4.69, 9.17) is 5.73 Å². The van der Waals surface area contributed by atoms with Crippen molar-refractivity contribution in [2.75, 3.05) is 13.1 Å². The lowest BCUT2D eigenvalue weighted by Gasteiger charge is -2.27. The smallest absolute Gasteiger partial charge is 0.191 e. The number of aromatic nitrogens is 2. The molecule has 1 aliphatic rings. The molecule has 0 saturated carbocycles. The molecule has 0 bridgehead atoms. The molecule has 0 unspecified atom stereocenters. The van der Waals surface area contributed by atoms with Crippen molar-refractivity contribution in [3.8, 4) is 5.69 Å². The molecule has 0 atom stereocenters. The van der Waals surface area contributed by atoms with Gasteiger partial charge in [-0.05, 0) is 43.0 Å². The molecule has 2 aromatic rings. The van der Waals surface area contributed by atoms with Crippen molar-refractivity contribution in [3.63, 3.8) is 0 Å². The van der Waals surface area contributed by atoms with Gasteiger partial charge in [0.15, 0.2) is 5.96 Å². The Labute approximate surface area is 125 Å². The molecule has 0 radical (unpaired) electrons. The molecule has 1 fully saturated rings. The number of aliphatic imine (C=N–C) groups is 1. The summed E-state index contributed by atoms with van der Waals surface area (Å²) in [6, 6.07) is 10.1. The second kappa shape index (κ2) is 6.43. The number of nitrogens with two attached hydrogens (primary N) is 1. The average molecular weight is 283 g/mol. The number of likely N-dealkylation sites (tertiary alicyclic amines) is 1. The molecule has 2 N–H and O–H groups in total. The zero-order chi connectivity index (χ0) is 14.5. The van der Waals surface area contributed by atoms with Gasteiger partial charge in [-0.1, -0.05) is 12.1 Å². The maximum absolute atomic E-state index is 6.09.